The Morgan fingerprint density at radius 3 is 1.58 bits per heavy atom. The highest BCUT2D eigenvalue weighted by Crippen LogP contribution is 2.26. The van der Waals surface area contributed by atoms with E-state index in [0.29, 0.717) is 13.0 Å². The summed E-state index contributed by atoms with van der Waals surface area (Å²) in [5.74, 6) is -0.400. The number of aliphatic hydroxyl groups excluding tert-OH is 3. The van der Waals surface area contributed by atoms with Crippen LogP contribution in [0.3, 0.4) is 0 Å². The maximum Gasteiger partial charge on any atom is 0.397 e. The molecule has 6 atom stereocenters. The summed E-state index contributed by atoms with van der Waals surface area (Å²) in [5, 5.41) is 30.7. The van der Waals surface area contributed by atoms with E-state index < -0.39 is 59.8 Å². The highest BCUT2D eigenvalue weighted by atomic mass is 32.3. The number of unbranched alkanes of at least 4 members (excludes halogenated alkanes) is 23. The Kier molecular flexibility index (Phi) is 39.8. The molecule has 0 aliphatic carbocycles. The molecule has 0 saturated carbocycles. The number of carbonyl (C=O) groups excluding carboxylic acids is 1. The number of carbonyl (C=O) groups is 1. The molecule has 1 rings (SSSR count). The first-order valence-corrected chi connectivity index (χ1v) is 26.8. The van der Waals surface area contributed by atoms with E-state index in [4.69, 9.17) is 18.9 Å². The molecule has 6 unspecified atom stereocenters. The Morgan fingerprint density at radius 2 is 1.08 bits per heavy atom. The van der Waals surface area contributed by atoms with Gasteiger partial charge < -0.3 is 34.3 Å². The van der Waals surface area contributed by atoms with Gasteiger partial charge in [0.1, 0.15) is 30.5 Å². The van der Waals surface area contributed by atoms with Gasteiger partial charge in [-0.1, -0.05) is 197 Å². The molecule has 1 heterocycles. The quantitative estimate of drug-likeness (QED) is 0.0197. The van der Waals surface area contributed by atoms with E-state index in [1.54, 1.807) is 0 Å². The molecule has 374 valence electrons. The van der Waals surface area contributed by atoms with Gasteiger partial charge in [0.2, 0.25) is 0 Å². The molecule has 0 aromatic carbocycles. The van der Waals surface area contributed by atoms with E-state index in [1.165, 1.54) is 109 Å². The van der Waals surface area contributed by atoms with Gasteiger partial charge in [0.25, 0.3) is 0 Å². The van der Waals surface area contributed by atoms with Gasteiger partial charge >= 0.3 is 16.4 Å². The number of ether oxygens (including phenoxy) is 4. The molecule has 0 aromatic rings. The van der Waals surface area contributed by atoms with Crippen molar-refractivity contribution in [3.8, 4) is 0 Å². The number of hydrogen-bond acceptors (Lipinski definition) is 11. The zero-order valence-corrected chi connectivity index (χ0v) is 40.9. The Bertz CT molecular complexity index is 1300. The number of allylic oxidation sites excluding steroid dienone is 8. The van der Waals surface area contributed by atoms with Gasteiger partial charge in [-0.2, -0.15) is 8.42 Å². The fraction of sp³-hybridized carbons (Fsp3) is 0.824. The van der Waals surface area contributed by atoms with Crippen molar-refractivity contribution in [2.24, 2.45) is 0 Å². The molecule has 0 bridgehead atoms. The Hall–Kier alpha value is -1.94. The van der Waals surface area contributed by atoms with Crippen LogP contribution >= 0.6 is 0 Å². The van der Waals surface area contributed by atoms with E-state index in [-0.39, 0.29) is 19.6 Å². The number of esters is 1. The van der Waals surface area contributed by atoms with Crippen molar-refractivity contribution in [1.29, 1.82) is 0 Å². The summed E-state index contributed by atoms with van der Waals surface area (Å²) in [6.45, 7) is 3.88. The lowest BCUT2D eigenvalue weighted by molar-refractivity contribution is -0.301. The Labute approximate surface area is 389 Å². The highest BCUT2D eigenvalue weighted by molar-refractivity contribution is 7.80. The molecular weight excluding hydrogens is 837 g/mol. The summed E-state index contributed by atoms with van der Waals surface area (Å²) in [6.07, 6.45) is 42.9. The normalized spacial score (nSPS) is 20.1. The van der Waals surface area contributed by atoms with Crippen molar-refractivity contribution in [3.63, 3.8) is 0 Å². The topological polar surface area (TPSA) is 178 Å². The maximum atomic E-state index is 12.9. The number of rotatable bonds is 44. The van der Waals surface area contributed by atoms with Crippen LogP contribution in [-0.2, 0) is 38.3 Å². The third-order valence-corrected chi connectivity index (χ3v) is 11.9. The smallest absolute Gasteiger partial charge is 0.397 e. The van der Waals surface area contributed by atoms with Crippen LogP contribution in [0.25, 0.3) is 0 Å². The zero-order chi connectivity index (χ0) is 46.8. The maximum absolute atomic E-state index is 12.9. The predicted octanol–water partition coefficient (Wildman–Crippen LogP) is 11.5. The van der Waals surface area contributed by atoms with E-state index in [0.717, 1.165) is 70.6 Å². The van der Waals surface area contributed by atoms with Gasteiger partial charge in [-0.05, 0) is 51.4 Å². The first-order valence-electron chi connectivity index (χ1n) is 25.4. The van der Waals surface area contributed by atoms with Crippen LogP contribution in [0.5, 0.6) is 0 Å². The largest absolute Gasteiger partial charge is 0.457 e. The summed E-state index contributed by atoms with van der Waals surface area (Å²) in [6, 6.07) is 0. The summed E-state index contributed by atoms with van der Waals surface area (Å²) in [7, 11) is -5.06. The Balaban J connectivity index is 2.32. The molecule has 1 aliphatic heterocycles. The van der Waals surface area contributed by atoms with Crippen molar-refractivity contribution in [3.05, 3.63) is 48.6 Å². The molecule has 12 nitrogen and oxygen atoms in total. The fourth-order valence-electron chi connectivity index (χ4n) is 7.66. The van der Waals surface area contributed by atoms with Crippen LogP contribution in [0.1, 0.15) is 206 Å². The molecule has 13 heteroatoms. The van der Waals surface area contributed by atoms with E-state index in [2.05, 4.69) is 66.6 Å². The average Bonchev–Trinajstić information content (AvgIpc) is 3.27. The van der Waals surface area contributed by atoms with Crippen LogP contribution in [0.4, 0.5) is 0 Å². The van der Waals surface area contributed by atoms with Crippen molar-refractivity contribution in [2.45, 2.75) is 243 Å². The fourth-order valence-corrected chi connectivity index (χ4v) is 8.17. The first-order chi connectivity index (χ1) is 31.1. The second-order valence-electron chi connectivity index (χ2n) is 17.4. The predicted molar refractivity (Wildman–Crippen MR) is 257 cm³/mol. The lowest BCUT2D eigenvalue weighted by Gasteiger charge is -2.41. The lowest BCUT2D eigenvalue weighted by atomic mass is 9.99. The standard InChI is InChI=1S/C51H92O12S/c1-3-5-7-9-11-13-15-17-18-19-20-21-22-23-24-25-26-27-29-31-33-35-37-39-41-59-43-45(44-60-51-49(55)50(63-64(56,57)58)48(54)46(42-52)62-51)61-47(53)40-38-36-34-32-30-28-16-14-12-10-8-6-4-2/h5,7,11,13,17-18,20-21,45-46,48-52,54-55H,3-4,6,8-10,12,14-16,19,22-44H2,1-2H3,(H,56,57,58)/b7-5-,13-11-,18-17-,21-20-. The molecule has 1 aliphatic rings. The van der Waals surface area contributed by atoms with E-state index in [9.17, 15) is 33.1 Å². The molecule has 0 spiro atoms. The minimum Gasteiger partial charge on any atom is -0.457 e. The number of hydrogen-bond donors (Lipinski definition) is 4. The molecular formula is C51H92O12S. The van der Waals surface area contributed by atoms with Crippen molar-refractivity contribution in [2.75, 3.05) is 26.4 Å². The second kappa shape index (κ2) is 42.4. The van der Waals surface area contributed by atoms with Crippen LogP contribution < -0.4 is 0 Å². The van der Waals surface area contributed by atoms with Gasteiger partial charge in [-0.25, -0.2) is 4.18 Å². The summed E-state index contributed by atoms with van der Waals surface area (Å²) >= 11 is 0. The molecule has 64 heavy (non-hydrogen) atoms. The molecule has 4 N–H and O–H groups in total. The molecule has 1 saturated heterocycles. The summed E-state index contributed by atoms with van der Waals surface area (Å²) in [5.41, 5.74) is 0. The van der Waals surface area contributed by atoms with Crippen LogP contribution in [-0.4, -0.2) is 97.5 Å². The van der Waals surface area contributed by atoms with Crippen LogP contribution in [0.15, 0.2) is 48.6 Å². The first kappa shape index (κ1) is 60.1. The van der Waals surface area contributed by atoms with Gasteiger partial charge in [-0.15, -0.1) is 0 Å². The third kappa shape index (κ3) is 35.3. The van der Waals surface area contributed by atoms with Crippen LogP contribution in [0.2, 0.25) is 0 Å². The SMILES string of the molecule is CC/C=C\C/C=C\C/C=C\C/C=C\CCCCCCCCCCCCCOCC(COC1OC(CO)C(O)C(OS(=O)(=O)O)C1O)OC(=O)CCCCCCCCCCCCCCC. The molecule has 0 amide bonds. The van der Waals surface area contributed by atoms with Gasteiger partial charge in [0, 0.05) is 13.0 Å². The van der Waals surface area contributed by atoms with Gasteiger partial charge in [-0.3, -0.25) is 9.35 Å². The Morgan fingerprint density at radius 1 is 0.609 bits per heavy atom. The molecule has 1 fully saturated rings. The van der Waals surface area contributed by atoms with Crippen molar-refractivity contribution >= 4 is 16.4 Å². The molecule has 0 aromatic heterocycles. The zero-order valence-electron chi connectivity index (χ0n) is 40.1. The van der Waals surface area contributed by atoms with Crippen molar-refractivity contribution in [1.82, 2.24) is 0 Å². The monoisotopic (exact) mass is 929 g/mol. The van der Waals surface area contributed by atoms with Crippen LogP contribution in [0, 0.1) is 0 Å². The minimum atomic E-state index is -5.06. The summed E-state index contributed by atoms with van der Waals surface area (Å²) < 4.78 is 59.2. The third-order valence-electron chi connectivity index (χ3n) is 11.5. The minimum absolute atomic E-state index is 0.0353. The van der Waals surface area contributed by atoms with Gasteiger partial charge in [0.05, 0.1) is 19.8 Å². The highest BCUT2D eigenvalue weighted by Gasteiger charge is 2.48. The molecule has 0 radical (unpaired) electrons. The van der Waals surface area contributed by atoms with E-state index >= 15 is 0 Å². The van der Waals surface area contributed by atoms with Crippen molar-refractivity contribution < 1.29 is 56.2 Å². The summed E-state index contributed by atoms with van der Waals surface area (Å²) in [4.78, 5) is 12.9. The van der Waals surface area contributed by atoms with Gasteiger partial charge in [0.15, 0.2) is 6.29 Å². The lowest BCUT2D eigenvalue weighted by Crippen LogP contribution is -2.60. The van der Waals surface area contributed by atoms with E-state index in [1.807, 2.05) is 0 Å². The number of aliphatic hydroxyl groups is 3. The average molecular weight is 929 g/mol. The second-order valence-corrected chi connectivity index (χ2v) is 18.4.